The molecule has 0 heteroatoms. The van der Waals surface area contributed by atoms with Gasteiger partial charge < -0.3 is 0 Å². The van der Waals surface area contributed by atoms with Gasteiger partial charge in [0.1, 0.15) is 0 Å². The molecule has 0 saturated heterocycles. The second-order valence-electron chi connectivity index (χ2n) is 7.34. The van der Waals surface area contributed by atoms with Gasteiger partial charge in [-0.1, -0.05) is 35.4 Å². The van der Waals surface area contributed by atoms with Gasteiger partial charge in [-0.2, -0.15) is 0 Å². The summed E-state index contributed by atoms with van der Waals surface area (Å²) >= 11 is 0. The Morgan fingerprint density at radius 3 is 1.50 bits per heavy atom. The Bertz CT molecular complexity index is 587. The van der Waals surface area contributed by atoms with E-state index in [-0.39, 0.29) is 0 Å². The molecule has 2 unspecified atom stereocenters. The molecule has 20 heavy (non-hydrogen) atoms. The second-order valence-corrected chi connectivity index (χ2v) is 7.34. The van der Waals surface area contributed by atoms with Crippen LogP contribution in [0.15, 0.2) is 35.4 Å². The molecule has 2 fully saturated rings. The van der Waals surface area contributed by atoms with Crippen LogP contribution in [-0.2, 0) is 0 Å². The van der Waals surface area contributed by atoms with Crippen LogP contribution in [0, 0.1) is 11.8 Å². The first-order valence-electron chi connectivity index (χ1n) is 8.40. The van der Waals surface area contributed by atoms with E-state index in [2.05, 4.69) is 24.3 Å². The summed E-state index contributed by atoms with van der Waals surface area (Å²) < 4.78 is 0. The molecular weight excluding hydrogens is 240 g/mol. The minimum absolute atomic E-state index is 0.978. The van der Waals surface area contributed by atoms with Gasteiger partial charge in [0.25, 0.3) is 0 Å². The maximum Gasteiger partial charge on any atom is -0.0150 e. The van der Waals surface area contributed by atoms with Crippen LogP contribution in [0.2, 0.25) is 0 Å². The van der Waals surface area contributed by atoms with E-state index in [1.807, 2.05) is 0 Å². The molecule has 0 radical (unpaired) electrons. The average molecular weight is 262 g/mol. The summed E-state index contributed by atoms with van der Waals surface area (Å²) in [4.78, 5) is 0. The van der Waals surface area contributed by atoms with Crippen molar-refractivity contribution in [2.45, 2.75) is 51.4 Å². The zero-order chi connectivity index (χ0) is 13.1. The van der Waals surface area contributed by atoms with Gasteiger partial charge in [-0.25, -0.2) is 0 Å². The van der Waals surface area contributed by atoms with Crippen LogP contribution in [0.25, 0.3) is 11.1 Å². The van der Waals surface area contributed by atoms with E-state index < -0.39 is 0 Å². The molecule has 0 spiro atoms. The number of hydrogen-bond donors (Lipinski definition) is 0. The van der Waals surface area contributed by atoms with Gasteiger partial charge in [0.15, 0.2) is 0 Å². The van der Waals surface area contributed by atoms with Crippen molar-refractivity contribution in [1.82, 2.24) is 0 Å². The first kappa shape index (κ1) is 11.4. The Morgan fingerprint density at radius 1 is 0.650 bits per heavy atom. The Labute approximate surface area is 121 Å². The standard InChI is InChI=1S/C20H22/c1-2-4-18(20-12-14-6-8-16(20)10-14)17(3-1)19-11-13-5-7-15(19)9-13/h1-4,13-14H,5-12H2. The molecule has 0 heterocycles. The van der Waals surface area contributed by atoms with Crippen LogP contribution in [-0.4, -0.2) is 0 Å². The highest BCUT2D eigenvalue weighted by Crippen LogP contribution is 2.52. The molecule has 0 amide bonds. The smallest absolute Gasteiger partial charge is 0.0150 e. The third kappa shape index (κ3) is 1.54. The predicted octanol–water partition coefficient (Wildman–Crippen LogP) is 5.60. The van der Waals surface area contributed by atoms with Crippen molar-refractivity contribution in [2.24, 2.45) is 11.8 Å². The number of benzene rings is 1. The normalized spacial score (nSPS) is 31.0. The first-order valence-corrected chi connectivity index (χ1v) is 8.40. The van der Waals surface area contributed by atoms with Gasteiger partial charge in [-0.05, 0) is 85.5 Å². The molecule has 1 aromatic rings. The lowest BCUT2D eigenvalue weighted by molar-refractivity contribution is 0.580. The second kappa shape index (κ2) is 4.10. The van der Waals surface area contributed by atoms with Gasteiger partial charge >= 0.3 is 0 Å². The first-order chi connectivity index (χ1) is 9.88. The summed E-state index contributed by atoms with van der Waals surface area (Å²) in [7, 11) is 0. The molecule has 5 rings (SSSR count). The van der Waals surface area contributed by atoms with E-state index in [0.29, 0.717) is 0 Å². The summed E-state index contributed by atoms with van der Waals surface area (Å²) in [5, 5.41) is 0. The van der Waals surface area contributed by atoms with Crippen molar-refractivity contribution >= 4 is 11.1 Å². The molecule has 4 aliphatic carbocycles. The van der Waals surface area contributed by atoms with Gasteiger partial charge in [0, 0.05) is 0 Å². The lowest BCUT2D eigenvalue weighted by atomic mass is 9.85. The third-order valence-electron chi connectivity index (χ3n) is 6.20. The van der Waals surface area contributed by atoms with Crippen molar-refractivity contribution in [1.29, 1.82) is 0 Å². The SMILES string of the molecule is c1ccc(C2=C3CCC(C3)C2)c(C2=C3CCC(C3)C2)c1. The highest BCUT2D eigenvalue weighted by molar-refractivity contribution is 5.84. The summed E-state index contributed by atoms with van der Waals surface area (Å²) in [6.45, 7) is 0. The van der Waals surface area contributed by atoms with Crippen LogP contribution in [0.1, 0.15) is 62.5 Å². The van der Waals surface area contributed by atoms with E-state index in [4.69, 9.17) is 0 Å². The van der Waals surface area contributed by atoms with Gasteiger partial charge in [0.2, 0.25) is 0 Å². The predicted molar refractivity (Wildman–Crippen MR) is 84.2 cm³/mol. The fourth-order valence-electron chi connectivity index (χ4n) is 5.23. The van der Waals surface area contributed by atoms with Crippen molar-refractivity contribution in [2.75, 3.05) is 0 Å². The van der Waals surface area contributed by atoms with E-state index in [0.717, 1.165) is 11.8 Å². The summed E-state index contributed by atoms with van der Waals surface area (Å²) in [6.07, 6.45) is 11.2. The molecule has 0 aromatic heterocycles. The molecule has 4 aliphatic rings. The number of fused-ring (bicyclic) bond motifs is 4. The van der Waals surface area contributed by atoms with Gasteiger partial charge in [0.05, 0.1) is 0 Å². The molecule has 0 nitrogen and oxygen atoms in total. The molecule has 102 valence electrons. The molecule has 0 aliphatic heterocycles. The quantitative estimate of drug-likeness (QED) is 0.650. The zero-order valence-electron chi connectivity index (χ0n) is 12.1. The van der Waals surface area contributed by atoms with Crippen LogP contribution in [0.5, 0.6) is 0 Å². The van der Waals surface area contributed by atoms with E-state index >= 15 is 0 Å². The van der Waals surface area contributed by atoms with Crippen LogP contribution in [0.3, 0.4) is 0 Å². The summed E-state index contributed by atoms with van der Waals surface area (Å²) in [5.74, 6) is 1.96. The molecule has 2 atom stereocenters. The Kier molecular flexibility index (Phi) is 2.33. The topological polar surface area (TPSA) is 0 Å². The zero-order valence-corrected chi connectivity index (χ0v) is 12.1. The molecule has 2 saturated carbocycles. The summed E-state index contributed by atoms with van der Waals surface area (Å²) in [5.41, 5.74) is 10.2. The average Bonchev–Trinajstić information content (AvgIpc) is 3.26. The molecular formula is C20H22. The maximum atomic E-state index is 2.40. The van der Waals surface area contributed by atoms with Crippen molar-refractivity contribution in [3.05, 3.63) is 46.5 Å². The monoisotopic (exact) mass is 262 g/mol. The number of hydrogen-bond acceptors (Lipinski definition) is 0. The lowest BCUT2D eigenvalue weighted by Gasteiger charge is -2.19. The third-order valence-corrected chi connectivity index (χ3v) is 6.20. The largest absolute Gasteiger partial charge is 0.0661 e. The van der Waals surface area contributed by atoms with Gasteiger partial charge in [-0.15, -0.1) is 0 Å². The Hall–Kier alpha value is -1.30. The molecule has 0 N–H and O–H groups in total. The van der Waals surface area contributed by atoms with E-state index in [1.165, 1.54) is 51.4 Å². The highest BCUT2D eigenvalue weighted by atomic mass is 14.4. The summed E-state index contributed by atoms with van der Waals surface area (Å²) in [6, 6.07) is 9.30. The lowest BCUT2D eigenvalue weighted by Crippen LogP contribution is -2.00. The fourth-order valence-corrected chi connectivity index (χ4v) is 5.23. The number of allylic oxidation sites excluding steroid dienone is 4. The Balaban J connectivity index is 1.64. The maximum absolute atomic E-state index is 2.40. The van der Waals surface area contributed by atoms with Crippen molar-refractivity contribution < 1.29 is 0 Å². The molecule has 1 aromatic carbocycles. The van der Waals surface area contributed by atoms with E-state index in [1.54, 1.807) is 33.4 Å². The van der Waals surface area contributed by atoms with Crippen LogP contribution >= 0.6 is 0 Å². The Morgan fingerprint density at radius 2 is 1.15 bits per heavy atom. The fraction of sp³-hybridized carbons (Fsp3) is 0.500. The van der Waals surface area contributed by atoms with E-state index in [9.17, 15) is 0 Å². The van der Waals surface area contributed by atoms with Crippen molar-refractivity contribution in [3.63, 3.8) is 0 Å². The number of rotatable bonds is 2. The minimum Gasteiger partial charge on any atom is -0.0661 e. The molecule has 4 bridgehead atoms. The highest BCUT2D eigenvalue weighted by Gasteiger charge is 2.34. The van der Waals surface area contributed by atoms with Crippen molar-refractivity contribution in [3.8, 4) is 0 Å². The minimum atomic E-state index is 0.978. The van der Waals surface area contributed by atoms with Crippen LogP contribution < -0.4 is 0 Å². The van der Waals surface area contributed by atoms with Crippen LogP contribution in [0.4, 0.5) is 0 Å². The van der Waals surface area contributed by atoms with Gasteiger partial charge in [-0.3, -0.25) is 0 Å².